The molecule has 6 atom stereocenters. The predicted octanol–water partition coefficient (Wildman–Crippen LogP) is 3.45. The highest BCUT2D eigenvalue weighted by Gasteiger charge is 2.61. The highest BCUT2D eigenvalue weighted by molar-refractivity contribution is 5.22. The normalized spacial score (nSPS) is 43.3. The van der Waals surface area contributed by atoms with E-state index in [1.54, 1.807) is 0 Å². The Morgan fingerprint density at radius 1 is 1.10 bits per heavy atom. The average molecular weight is 265 g/mol. The highest BCUT2D eigenvalue weighted by Crippen LogP contribution is 2.60. The molecule has 20 heavy (non-hydrogen) atoms. The molecule has 2 fully saturated rings. The van der Waals surface area contributed by atoms with Crippen molar-refractivity contribution in [1.29, 1.82) is 0 Å². The molecule has 0 radical (unpaired) electrons. The molecule has 0 aromatic heterocycles. The van der Waals surface area contributed by atoms with Gasteiger partial charge < -0.3 is 0 Å². The summed E-state index contributed by atoms with van der Waals surface area (Å²) < 4.78 is 0. The van der Waals surface area contributed by atoms with Gasteiger partial charge in [0.05, 0.1) is 18.6 Å². The van der Waals surface area contributed by atoms with Crippen LogP contribution in [0, 0.1) is 23.7 Å². The molecule has 102 valence electrons. The fourth-order valence-electron chi connectivity index (χ4n) is 5.17. The van der Waals surface area contributed by atoms with E-state index in [1.807, 2.05) is 0 Å². The van der Waals surface area contributed by atoms with Crippen molar-refractivity contribution in [1.82, 2.24) is 5.01 Å². The number of benzene rings is 1. The molecule has 2 saturated carbocycles. The Labute approximate surface area is 119 Å². The number of hydrogen-bond acceptors (Lipinski definition) is 3. The van der Waals surface area contributed by atoms with Gasteiger partial charge in [-0.2, -0.15) is 5.11 Å². The second kappa shape index (κ2) is 3.94. The summed E-state index contributed by atoms with van der Waals surface area (Å²) in [5, 5.41) is 11.4. The summed E-state index contributed by atoms with van der Waals surface area (Å²) in [6, 6.07) is 11.7. The van der Waals surface area contributed by atoms with Crippen LogP contribution in [-0.2, 0) is 6.54 Å². The first kappa shape index (κ1) is 11.1. The van der Waals surface area contributed by atoms with Crippen molar-refractivity contribution in [2.45, 2.75) is 31.5 Å². The quantitative estimate of drug-likeness (QED) is 0.753. The van der Waals surface area contributed by atoms with Crippen LogP contribution in [0.2, 0.25) is 0 Å². The van der Waals surface area contributed by atoms with E-state index in [-0.39, 0.29) is 0 Å². The Balaban J connectivity index is 1.42. The molecule has 1 heterocycles. The third kappa shape index (κ3) is 1.36. The van der Waals surface area contributed by atoms with Crippen LogP contribution in [0.15, 0.2) is 52.8 Å². The van der Waals surface area contributed by atoms with E-state index in [9.17, 15) is 0 Å². The van der Waals surface area contributed by atoms with E-state index in [4.69, 9.17) is 0 Å². The minimum Gasteiger partial charge on any atom is -0.269 e. The summed E-state index contributed by atoms with van der Waals surface area (Å²) in [6.07, 6.45) is 7.53. The summed E-state index contributed by atoms with van der Waals surface area (Å²) in [5.74, 6) is 3.25. The van der Waals surface area contributed by atoms with Gasteiger partial charge in [0.2, 0.25) is 0 Å². The number of nitrogens with zero attached hydrogens (tertiary/aromatic N) is 3. The van der Waals surface area contributed by atoms with Crippen molar-refractivity contribution in [2.24, 2.45) is 34.0 Å². The van der Waals surface area contributed by atoms with Gasteiger partial charge in [-0.25, -0.2) is 0 Å². The summed E-state index contributed by atoms with van der Waals surface area (Å²) in [6.45, 7) is 0.913. The molecule has 2 bridgehead atoms. The second-order valence-corrected chi connectivity index (χ2v) is 6.74. The van der Waals surface area contributed by atoms with Crippen LogP contribution in [0.1, 0.15) is 18.4 Å². The third-order valence-electron chi connectivity index (χ3n) is 5.91. The summed E-state index contributed by atoms with van der Waals surface area (Å²) in [7, 11) is 0. The van der Waals surface area contributed by atoms with E-state index >= 15 is 0 Å². The summed E-state index contributed by atoms with van der Waals surface area (Å²) in [4.78, 5) is 0. The molecule has 4 aliphatic rings. The summed E-state index contributed by atoms with van der Waals surface area (Å²) >= 11 is 0. The largest absolute Gasteiger partial charge is 0.269 e. The van der Waals surface area contributed by atoms with Crippen LogP contribution >= 0.6 is 0 Å². The maximum Gasteiger partial charge on any atom is 0.0983 e. The number of fused-ring (bicyclic) bond motifs is 8. The average Bonchev–Trinajstić information content (AvgIpc) is 3.18. The lowest BCUT2D eigenvalue weighted by Gasteiger charge is -2.35. The molecule has 3 nitrogen and oxygen atoms in total. The van der Waals surface area contributed by atoms with E-state index in [2.05, 4.69) is 57.8 Å². The third-order valence-corrected chi connectivity index (χ3v) is 5.91. The van der Waals surface area contributed by atoms with Crippen LogP contribution in [0.3, 0.4) is 0 Å². The number of allylic oxidation sites excluding steroid dienone is 2. The highest BCUT2D eigenvalue weighted by atomic mass is 15.6. The maximum atomic E-state index is 4.64. The fraction of sp³-hybridized carbons (Fsp3) is 0.529. The summed E-state index contributed by atoms with van der Waals surface area (Å²) in [5.41, 5.74) is 1.34. The standard InChI is InChI=1S/C17H19N3/c1-2-5-11(6-3-1)10-20-17-15-9-14(16(17)18-19-20)12-7-4-8-13(12)15/h1-6,8,12-17H,7,9-10H2/t12-,13+,14+,15+,16-,17-/m0/s1. The van der Waals surface area contributed by atoms with E-state index in [0.29, 0.717) is 12.1 Å². The van der Waals surface area contributed by atoms with Crippen LogP contribution in [0.4, 0.5) is 0 Å². The van der Waals surface area contributed by atoms with Gasteiger partial charge in [0, 0.05) is 0 Å². The molecular weight excluding hydrogens is 246 g/mol. The predicted molar refractivity (Wildman–Crippen MR) is 76.8 cm³/mol. The van der Waals surface area contributed by atoms with Crippen molar-refractivity contribution >= 4 is 0 Å². The van der Waals surface area contributed by atoms with Gasteiger partial charge in [0.25, 0.3) is 0 Å². The first-order valence-corrected chi connectivity index (χ1v) is 7.80. The van der Waals surface area contributed by atoms with Gasteiger partial charge in [-0.15, -0.1) is 0 Å². The van der Waals surface area contributed by atoms with Gasteiger partial charge in [-0.1, -0.05) is 47.7 Å². The molecule has 1 aromatic rings. The Kier molecular flexibility index (Phi) is 2.18. The van der Waals surface area contributed by atoms with Gasteiger partial charge >= 0.3 is 0 Å². The molecule has 0 saturated heterocycles. The van der Waals surface area contributed by atoms with Gasteiger partial charge in [0.1, 0.15) is 0 Å². The van der Waals surface area contributed by atoms with Crippen molar-refractivity contribution in [3.63, 3.8) is 0 Å². The monoisotopic (exact) mass is 265 g/mol. The van der Waals surface area contributed by atoms with Crippen LogP contribution in [0.5, 0.6) is 0 Å². The SMILES string of the molecule is C1=C[C@H]2[C@H]3C[C@H]([C@H]2C1)[C@@H]1N=NN(Cc2ccccc2)[C@@H]31. The lowest BCUT2D eigenvalue weighted by atomic mass is 9.76. The van der Waals surface area contributed by atoms with Crippen LogP contribution in [-0.4, -0.2) is 17.1 Å². The number of hydrogen-bond donors (Lipinski definition) is 0. The Morgan fingerprint density at radius 2 is 2.00 bits per heavy atom. The molecule has 3 heteroatoms. The Bertz CT molecular complexity index is 579. The molecule has 0 spiro atoms. The van der Waals surface area contributed by atoms with Gasteiger partial charge in [-0.05, 0) is 42.1 Å². The smallest absolute Gasteiger partial charge is 0.0983 e. The molecule has 0 amide bonds. The first-order chi connectivity index (χ1) is 9.92. The minimum atomic E-state index is 0.477. The molecule has 0 N–H and O–H groups in total. The van der Waals surface area contributed by atoms with Crippen molar-refractivity contribution < 1.29 is 0 Å². The van der Waals surface area contributed by atoms with Crippen LogP contribution in [0.25, 0.3) is 0 Å². The lowest BCUT2D eigenvalue weighted by Crippen LogP contribution is -2.44. The van der Waals surface area contributed by atoms with Gasteiger partial charge in [-0.3, -0.25) is 5.01 Å². The van der Waals surface area contributed by atoms with Gasteiger partial charge in [0.15, 0.2) is 0 Å². The maximum absolute atomic E-state index is 4.64. The molecule has 5 rings (SSSR count). The molecular formula is C17H19N3. The zero-order valence-corrected chi connectivity index (χ0v) is 11.5. The van der Waals surface area contributed by atoms with E-state index in [0.717, 1.165) is 30.2 Å². The Hall–Kier alpha value is -1.64. The molecule has 0 unspecified atom stereocenters. The Morgan fingerprint density at radius 3 is 2.90 bits per heavy atom. The fourth-order valence-corrected chi connectivity index (χ4v) is 5.17. The molecule has 1 aromatic carbocycles. The second-order valence-electron chi connectivity index (χ2n) is 6.74. The first-order valence-electron chi connectivity index (χ1n) is 7.80. The number of rotatable bonds is 2. The van der Waals surface area contributed by atoms with E-state index < -0.39 is 0 Å². The topological polar surface area (TPSA) is 28.0 Å². The molecule has 1 aliphatic heterocycles. The van der Waals surface area contributed by atoms with Crippen molar-refractivity contribution in [3.8, 4) is 0 Å². The van der Waals surface area contributed by atoms with Crippen molar-refractivity contribution in [2.75, 3.05) is 0 Å². The molecule has 3 aliphatic carbocycles. The van der Waals surface area contributed by atoms with E-state index in [1.165, 1.54) is 18.4 Å². The zero-order valence-electron chi connectivity index (χ0n) is 11.5. The van der Waals surface area contributed by atoms with Crippen molar-refractivity contribution in [3.05, 3.63) is 48.0 Å². The minimum absolute atomic E-state index is 0.477. The lowest BCUT2D eigenvalue weighted by molar-refractivity contribution is 0.119. The van der Waals surface area contributed by atoms with Crippen LogP contribution < -0.4 is 0 Å². The zero-order chi connectivity index (χ0) is 13.1.